The van der Waals surface area contributed by atoms with Crippen molar-refractivity contribution in [1.29, 1.82) is 0 Å². The van der Waals surface area contributed by atoms with E-state index in [0.717, 1.165) is 11.3 Å². The first-order chi connectivity index (χ1) is 11.2. The van der Waals surface area contributed by atoms with Gasteiger partial charge in [-0.15, -0.1) is 15.7 Å². The van der Waals surface area contributed by atoms with Crippen LogP contribution in [0.1, 0.15) is 34.1 Å². The Balaban J connectivity index is 0.00000254. The minimum Gasteiger partial charge on any atom is -0.322 e. The average molecular weight is 397 g/mol. The van der Waals surface area contributed by atoms with Gasteiger partial charge in [-0.2, -0.15) is 0 Å². The minimum atomic E-state index is -3.49. The molecule has 0 fully saturated rings. The lowest BCUT2D eigenvalue weighted by Crippen LogP contribution is -2.37. The fourth-order valence-electron chi connectivity index (χ4n) is 1.56. The molecule has 1 unspecified atom stereocenters. The molecule has 0 spiro atoms. The molecule has 2 atom stereocenters. The normalized spacial score (nSPS) is 14.2. The van der Waals surface area contributed by atoms with Crippen LogP contribution in [0.2, 0.25) is 5.02 Å². The van der Waals surface area contributed by atoms with Crippen molar-refractivity contribution in [3.8, 4) is 0 Å². The van der Waals surface area contributed by atoms with Gasteiger partial charge < -0.3 is 11.5 Å². The van der Waals surface area contributed by atoms with Crippen LogP contribution in [0.5, 0.6) is 0 Å². The molecule has 0 aliphatic heterocycles. The molecule has 0 aromatic carbocycles. The molecule has 1 rings (SSSR count). The number of nitrogens with two attached hydrogens (primary N) is 2. The zero-order valence-corrected chi connectivity index (χ0v) is 16.6. The Morgan fingerprint density at radius 1 is 1.42 bits per heavy atom. The summed E-state index contributed by atoms with van der Waals surface area (Å²) in [7, 11) is -3.49. The van der Waals surface area contributed by atoms with E-state index >= 15 is 0 Å². The van der Waals surface area contributed by atoms with E-state index in [1.54, 1.807) is 0 Å². The van der Waals surface area contributed by atoms with Gasteiger partial charge in [0, 0.05) is 5.38 Å². The molecule has 24 heavy (non-hydrogen) atoms. The van der Waals surface area contributed by atoms with Gasteiger partial charge in [-0.3, -0.25) is 14.3 Å². The summed E-state index contributed by atoms with van der Waals surface area (Å²) in [5.41, 5.74) is 11.0. The average Bonchev–Trinajstić information content (AvgIpc) is 2.95. The second-order valence-electron chi connectivity index (χ2n) is 5.00. The maximum Gasteiger partial charge on any atom is 0.272 e. The number of rotatable bonds is 6. The predicted octanol–water partition coefficient (Wildman–Crippen LogP) is 2.14. The molecule has 0 aliphatic carbocycles. The number of nitrogens with one attached hydrogen (secondary N) is 1. The van der Waals surface area contributed by atoms with Gasteiger partial charge >= 0.3 is 0 Å². The largest absolute Gasteiger partial charge is 0.322 e. The van der Waals surface area contributed by atoms with Crippen LogP contribution in [0.4, 0.5) is 0 Å². The van der Waals surface area contributed by atoms with E-state index in [9.17, 15) is 13.8 Å². The lowest BCUT2D eigenvalue weighted by atomic mass is 10.0. The summed E-state index contributed by atoms with van der Waals surface area (Å²) in [6.45, 7) is 7.43. The van der Waals surface area contributed by atoms with E-state index in [-0.39, 0.29) is 16.7 Å². The van der Waals surface area contributed by atoms with Gasteiger partial charge in [0.2, 0.25) is 5.91 Å². The first kappa shape index (κ1) is 23.0. The summed E-state index contributed by atoms with van der Waals surface area (Å²) in [5, 5.41) is 1.86. The zero-order chi connectivity index (χ0) is 18.9. The van der Waals surface area contributed by atoms with E-state index in [1.165, 1.54) is 11.4 Å². The van der Waals surface area contributed by atoms with E-state index in [4.69, 9.17) is 23.1 Å². The topological polar surface area (TPSA) is 128 Å². The molecule has 0 radical (unpaired) electrons. The fourth-order valence-corrected chi connectivity index (χ4v) is 4.63. The van der Waals surface area contributed by atoms with E-state index in [1.807, 2.05) is 27.7 Å². The Morgan fingerprint density at radius 2 is 2.00 bits per heavy atom. The molecule has 2 amide bonds. The molecule has 0 bridgehead atoms. The van der Waals surface area contributed by atoms with Crippen molar-refractivity contribution >= 4 is 44.7 Å². The summed E-state index contributed by atoms with van der Waals surface area (Å²) in [4.78, 5) is 23.6. The SMILES string of the molecule is CC.CC(C)C[C@H](N)C(=O)N=S(=O)(NC(=O)CN)c1cc(Cl)cs1. The summed E-state index contributed by atoms with van der Waals surface area (Å²) in [6.07, 6.45) is 0.397. The maximum absolute atomic E-state index is 12.9. The van der Waals surface area contributed by atoms with E-state index in [2.05, 4.69) is 9.08 Å². The Bertz CT molecular complexity index is 667. The molecular formula is C14H25ClN4O3S2. The second kappa shape index (κ2) is 10.8. The highest BCUT2D eigenvalue weighted by molar-refractivity contribution is 7.94. The third-order valence-electron chi connectivity index (χ3n) is 2.51. The number of hydrogen-bond acceptors (Lipinski definition) is 6. The standard InChI is InChI=1S/C12H19ClN4O3S2.C2H6/c1-7(2)3-9(15)12(19)17-22(20,16-10(18)5-14)11-4-8(13)6-21-11;1-2/h4,6-7,9H,3,5,14-15H2,1-2H3,(H,16,17,18,19,20);1-2H3/t9-,22?;/m0./s1. The lowest BCUT2D eigenvalue weighted by molar-refractivity contribution is -0.119. The molecule has 1 heterocycles. The Labute approximate surface area is 152 Å². The van der Waals surface area contributed by atoms with Crippen LogP contribution in [0.15, 0.2) is 20.0 Å². The van der Waals surface area contributed by atoms with Crippen LogP contribution >= 0.6 is 22.9 Å². The van der Waals surface area contributed by atoms with Crippen molar-refractivity contribution in [2.24, 2.45) is 21.7 Å². The van der Waals surface area contributed by atoms with Crippen molar-refractivity contribution in [2.75, 3.05) is 6.54 Å². The molecule has 10 heteroatoms. The second-order valence-corrected chi connectivity index (χ2v) is 8.49. The van der Waals surface area contributed by atoms with Crippen molar-refractivity contribution in [2.45, 2.75) is 44.4 Å². The summed E-state index contributed by atoms with van der Waals surface area (Å²) < 4.78 is 18.9. The fraction of sp³-hybridized carbons (Fsp3) is 0.571. The van der Waals surface area contributed by atoms with Crippen molar-refractivity contribution in [1.82, 2.24) is 4.72 Å². The Hall–Kier alpha value is -1.000. The van der Waals surface area contributed by atoms with Crippen LogP contribution in [0.25, 0.3) is 0 Å². The van der Waals surface area contributed by atoms with Crippen LogP contribution in [-0.4, -0.2) is 28.6 Å². The molecule has 0 aliphatic rings. The molecule has 1 aromatic heterocycles. The van der Waals surface area contributed by atoms with Crippen LogP contribution in [-0.2, 0) is 19.5 Å². The molecular weight excluding hydrogens is 372 g/mol. The Kier molecular flexibility index (Phi) is 10.3. The number of halogens is 1. The molecule has 0 saturated heterocycles. The van der Waals surface area contributed by atoms with Gasteiger partial charge in [-0.05, 0) is 18.4 Å². The third-order valence-corrected chi connectivity index (χ3v) is 6.16. The molecule has 138 valence electrons. The number of hydrogen-bond donors (Lipinski definition) is 3. The number of amides is 2. The van der Waals surface area contributed by atoms with Gasteiger partial charge in [0.25, 0.3) is 5.91 Å². The predicted molar refractivity (Wildman–Crippen MR) is 99.1 cm³/mol. The summed E-state index contributed by atoms with van der Waals surface area (Å²) >= 11 is 6.83. The number of carbonyl (C=O) groups excluding carboxylic acids is 2. The van der Waals surface area contributed by atoms with E-state index in [0.29, 0.717) is 11.4 Å². The van der Waals surface area contributed by atoms with E-state index < -0.39 is 27.8 Å². The molecule has 1 aromatic rings. The maximum atomic E-state index is 12.9. The monoisotopic (exact) mass is 396 g/mol. The Morgan fingerprint density at radius 3 is 2.42 bits per heavy atom. The lowest BCUT2D eigenvalue weighted by Gasteiger charge is -2.13. The first-order valence-electron chi connectivity index (χ1n) is 7.49. The van der Waals surface area contributed by atoms with Crippen molar-refractivity contribution < 1.29 is 13.8 Å². The number of thiophene rings is 1. The van der Waals surface area contributed by atoms with Gasteiger partial charge in [-0.1, -0.05) is 39.3 Å². The van der Waals surface area contributed by atoms with Crippen LogP contribution in [0, 0.1) is 5.92 Å². The highest BCUT2D eigenvalue weighted by Crippen LogP contribution is 2.25. The van der Waals surface area contributed by atoms with Gasteiger partial charge in [0.05, 0.1) is 17.6 Å². The minimum absolute atomic E-state index is 0.171. The number of nitrogens with zero attached hydrogens (tertiary/aromatic N) is 1. The van der Waals surface area contributed by atoms with Crippen LogP contribution < -0.4 is 16.2 Å². The van der Waals surface area contributed by atoms with Gasteiger partial charge in [-0.25, -0.2) is 4.21 Å². The van der Waals surface area contributed by atoms with Gasteiger partial charge in [0.15, 0.2) is 9.92 Å². The third kappa shape index (κ3) is 7.27. The molecule has 7 nitrogen and oxygen atoms in total. The highest BCUT2D eigenvalue weighted by atomic mass is 35.5. The highest BCUT2D eigenvalue weighted by Gasteiger charge is 2.23. The van der Waals surface area contributed by atoms with Crippen molar-refractivity contribution in [3.05, 3.63) is 16.5 Å². The number of carbonyl (C=O) groups is 2. The molecule has 5 N–H and O–H groups in total. The first-order valence-corrected chi connectivity index (χ1v) is 10.3. The zero-order valence-electron chi connectivity index (χ0n) is 14.2. The quantitative estimate of drug-likeness (QED) is 0.678. The smallest absolute Gasteiger partial charge is 0.272 e. The molecule has 0 saturated carbocycles. The summed E-state index contributed by atoms with van der Waals surface area (Å²) in [6, 6.07) is 0.502. The van der Waals surface area contributed by atoms with Gasteiger partial charge in [0.1, 0.15) is 4.21 Å². The summed E-state index contributed by atoms with van der Waals surface area (Å²) in [5.74, 6) is -1.25. The van der Waals surface area contributed by atoms with Crippen molar-refractivity contribution in [3.63, 3.8) is 0 Å². The van der Waals surface area contributed by atoms with Crippen LogP contribution in [0.3, 0.4) is 0 Å².